The van der Waals surface area contributed by atoms with Crippen molar-refractivity contribution in [2.24, 2.45) is 0 Å². The number of hydrogen-bond acceptors (Lipinski definition) is 6. The Morgan fingerprint density at radius 3 is 2.50 bits per heavy atom. The summed E-state index contributed by atoms with van der Waals surface area (Å²) < 4.78 is 5.07. The van der Waals surface area contributed by atoms with Gasteiger partial charge in [0.1, 0.15) is 11.3 Å². The molecule has 1 aliphatic rings. The van der Waals surface area contributed by atoms with Crippen LogP contribution in [-0.4, -0.2) is 34.9 Å². The molecule has 2 aromatic carbocycles. The van der Waals surface area contributed by atoms with Crippen LogP contribution in [0.1, 0.15) is 22.8 Å². The average molecular weight is 384 g/mol. The summed E-state index contributed by atoms with van der Waals surface area (Å²) in [5.41, 5.74) is 0.957. The molecule has 0 aromatic heterocycles. The number of nitro benzene ring substituents is 1. The smallest absolute Gasteiger partial charge is 0.344 e. The quantitative estimate of drug-likeness (QED) is 0.458. The summed E-state index contributed by atoms with van der Waals surface area (Å²) in [5, 5.41) is 14.0. The van der Waals surface area contributed by atoms with E-state index in [4.69, 9.17) is 4.74 Å². The highest BCUT2D eigenvalue weighted by molar-refractivity contribution is 6.09. The van der Waals surface area contributed by atoms with E-state index in [1.54, 1.807) is 24.3 Å². The fourth-order valence-corrected chi connectivity index (χ4v) is 2.79. The Hall–Kier alpha value is -3.95. The molecule has 1 aliphatic heterocycles. The van der Waals surface area contributed by atoms with Crippen molar-refractivity contribution in [2.45, 2.75) is 12.5 Å². The van der Waals surface area contributed by atoms with E-state index in [-0.39, 0.29) is 11.3 Å². The topological polar surface area (TPSA) is 131 Å². The Labute approximate surface area is 159 Å². The lowest BCUT2D eigenvalue weighted by Gasteiger charge is -2.22. The van der Waals surface area contributed by atoms with E-state index < -0.39 is 28.3 Å². The molecule has 1 saturated heterocycles. The summed E-state index contributed by atoms with van der Waals surface area (Å²) in [4.78, 5) is 47.7. The molecule has 10 heteroatoms. The number of nitro groups is 1. The van der Waals surface area contributed by atoms with Gasteiger partial charge in [-0.05, 0) is 30.7 Å². The lowest BCUT2D eigenvalue weighted by atomic mass is 9.92. The van der Waals surface area contributed by atoms with Crippen LogP contribution in [0.3, 0.4) is 0 Å². The van der Waals surface area contributed by atoms with Gasteiger partial charge in [0.25, 0.3) is 17.5 Å². The minimum atomic E-state index is -1.39. The number of carbonyl (C=O) groups excluding carboxylic acids is 3. The number of hydrogen-bond donors (Lipinski definition) is 2. The summed E-state index contributed by atoms with van der Waals surface area (Å²) in [6.45, 7) is 1.51. The van der Waals surface area contributed by atoms with Crippen LogP contribution in [0.5, 0.6) is 5.75 Å². The Morgan fingerprint density at radius 1 is 1.21 bits per heavy atom. The number of amides is 4. The van der Waals surface area contributed by atoms with E-state index in [0.717, 1.165) is 6.07 Å². The van der Waals surface area contributed by atoms with Gasteiger partial charge in [0.05, 0.1) is 12.0 Å². The molecule has 0 saturated carbocycles. The molecule has 0 radical (unpaired) electrons. The number of nitrogens with one attached hydrogen (secondary N) is 2. The summed E-state index contributed by atoms with van der Waals surface area (Å²) in [7, 11) is 1.50. The number of imide groups is 1. The first-order chi connectivity index (χ1) is 13.3. The molecule has 2 aromatic rings. The standard InChI is InChI=1S/C18H16N4O6/c1-18(12-6-8-14(28-2)9-7-12)16(24)21(17(25)19-18)20-15(23)11-4-3-5-13(10-11)22(26)27/h3-10H,1-2H3,(H,19,25)(H,20,23)/t18-/m1/s1. The van der Waals surface area contributed by atoms with Crippen molar-refractivity contribution in [3.63, 3.8) is 0 Å². The van der Waals surface area contributed by atoms with Crippen molar-refractivity contribution >= 4 is 23.5 Å². The largest absolute Gasteiger partial charge is 0.497 e. The third kappa shape index (κ3) is 3.22. The predicted octanol–water partition coefficient (Wildman–Crippen LogP) is 1.72. The van der Waals surface area contributed by atoms with Gasteiger partial charge in [-0.1, -0.05) is 18.2 Å². The number of urea groups is 1. The van der Waals surface area contributed by atoms with E-state index in [0.29, 0.717) is 16.3 Å². The van der Waals surface area contributed by atoms with Crippen molar-refractivity contribution in [3.05, 3.63) is 69.8 Å². The molecule has 1 fully saturated rings. The SMILES string of the molecule is COc1ccc([C@@]2(C)NC(=O)N(NC(=O)c3cccc([N+](=O)[O-])c3)C2=O)cc1. The molecule has 28 heavy (non-hydrogen) atoms. The highest BCUT2D eigenvalue weighted by Crippen LogP contribution is 2.29. The summed E-state index contributed by atoms with van der Waals surface area (Å²) in [5.74, 6) is -0.937. The highest BCUT2D eigenvalue weighted by Gasteiger charge is 2.50. The molecule has 0 aliphatic carbocycles. The first-order valence-corrected chi connectivity index (χ1v) is 8.13. The fourth-order valence-electron chi connectivity index (χ4n) is 2.79. The third-order valence-corrected chi connectivity index (χ3v) is 4.39. The van der Waals surface area contributed by atoms with Crippen LogP contribution in [0.4, 0.5) is 10.5 Å². The Bertz CT molecular complexity index is 974. The highest BCUT2D eigenvalue weighted by atomic mass is 16.6. The van der Waals surface area contributed by atoms with Crippen molar-refractivity contribution in [3.8, 4) is 5.75 Å². The van der Waals surface area contributed by atoms with Gasteiger partial charge in [0.2, 0.25) is 0 Å². The van der Waals surface area contributed by atoms with Crippen LogP contribution in [0.2, 0.25) is 0 Å². The normalized spacial score (nSPS) is 18.6. The monoisotopic (exact) mass is 384 g/mol. The van der Waals surface area contributed by atoms with Gasteiger partial charge in [-0.3, -0.25) is 25.1 Å². The predicted molar refractivity (Wildman–Crippen MR) is 96.3 cm³/mol. The number of benzene rings is 2. The van der Waals surface area contributed by atoms with Crippen LogP contribution in [0, 0.1) is 10.1 Å². The molecular formula is C18H16N4O6. The molecule has 144 valence electrons. The average Bonchev–Trinajstić information content (AvgIpc) is 2.92. The number of methoxy groups -OCH3 is 1. The minimum absolute atomic E-state index is 0.0622. The summed E-state index contributed by atoms with van der Waals surface area (Å²) >= 11 is 0. The molecular weight excluding hydrogens is 368 g/mol. The van der Waals surface area contributed by atoms with E-state index in [9.17, 15) is 24.5 Å². The van der Waals surface area contributed by atoms with Gasteiger partial charge < -0.3 is 10.1 Å². The van der Waals surface area contributed by atoms with E-state index in [2.05, 4.69) is 10.7 Å². The van der Waals surface area contributed by atoms with Gasteiger partial charge in [0, 0.05) is 17.7 Å². The van der Waals surface area contributed by atoms with Gasteiger partial charge in [-0.15, -0.1) is 0 Å². The van der Waals surface area contributed by atoms with E-state index in [1.165, 1.54) is 32.2 Å². The van der Waals surface area contributed by atoms with Gasteiger partial charge in [-0.2, -0.15) is 5.01 Å². The second-order valence-electron chi connectivity index (χ2n) is 6.17. The van der Waals surface area contributed by atoms with E-state index in [1.807, 2.05) is 0 Å². The molecule has 2 N–H and O–H groups in total. The number of rotatable bonds is 5. The fraction of sp³-hybridized carbons (Fsp3) is 0.167. The molecule has 0 bridgehead atoms. The maximum Gasteiger partial charge on any atom is 0.344 e. The summed E-state index contributed by atoms with van der Waals surface area (Å²) in [6, 6.07) is 10.7. The molecule has 1 atom stereocenters. The maximum atomic E-state index is 12.8. The van der Waals surface area contributed by atoms with Crippen molar-refractivity contribution in [1.82, 2.24) is 15.8 Å². The lowest BCUT2D eigenvalue weighted by molar-refractivity contribution is -0.384. The van der Waals surface area contributed by atoms with Crippen LogP contribution in [-0.2, 0) is 10.3 Å². The second kappa shape index (κ2) is 6.99. The van der Waals surface area contributed by atoms with Crippen LogP contribution in [0.25, 0.3) is 0 Å². The van der Waals surface area contributed by atoms with Crippen LogP contribution in [0.15, 0.2) is 48.5 Å². The van der Waals surface area contributed by atoms with Crippen LogP contribution < -0.4 is 15.5 Å². The summed E-state index contributed by atoms with van der Waals surface area (Å²) in [6.07, 6.45) is 0. The zero-order valence-electron chi connectivity index (χ0n) is 15.0. The van der Waals surface area contributed by atoms with Crippen LogP contribution >= 0.6 is 0 Å². The van der Waals surface area contributed by atoms with Crippen molar-refractivity contribution in [1.29, 1.82) is 0 Å². The molecule has 3 rings (SSSR count). The zero-order chi connectivity index (χ0) is 20.5. The number of carbonyl (C=O) groups is 3. The Morgan fingerprint density at radius 2 is 1.89 bits per heavy atom. The number of non-ortho nitro benzene ring substituents is 1. The van der Waals surface area contributed by atoms with Gasteiger partial charge in [0.15, 0.2) is 0 Å². The molecule has 1 heterocycles. The van der Waals surface area contributed by atoms with E-state index >= 15 is 0 Å². The Balaban J connectivity index is 1.82. The second-order valence-corrected chi connectivity index (χ2v) is 6.17. The van der Waals surface area contributed by atoms with Crippen molar-refractivity contribution in [2.75, 3.05) is 7.11 Å². The Kier molecular flexibility index (Phi) is 4.70. The first-order valence-electron chi connectivity index (χ1n) is 8.13. The third-order valence-electron chi connectivity index (χ3n) is 4.39. The molecule has 0 spiro atoms. The lowest BCUT2D eigenvalue weighted by Crippen LogP contribution is -2.47. The number of ether oxygens (including phenoxy) is 1. The van der Waals surface area contributed by atoms with Gasteiger partial charge >= 0.3 is 6.03 Å². The zero-order valence-corrected chi connectivity index (χ0v) is 15.0. The number of hydrazine groups is 1. The molecule has 0 unspecified atom stereocenters. The van der Waals surface area contributed by atoms with Gasteiger partial charge in [-0.25, -0.2) is 4.79 Å². The number of nitrogens with zero attached hydrogens (tertiary/aromatic N) is 2. The first kappa shape index (κ1) is 18.8. The molecule has 10 nitrogen and oxygen atoms in total. The minimum Gasteiger partial charge on any atom is -0.497 e. The molecule has 4 amide bonds. The maximum absolute atomic E-state index is 12.8. The van der Waals surface area contributed by atoms with Crippen molar-refractivity contribution < 1.29 is 24.0 Å².